The summed E-state index contributed by atoms with van der Waals surface area (Å²) in [6.45, 7) is 1.06. The summed E-state index contributed by atoms with van der Waals surface area (Å²) < 4.78 is 5.44. The molecule has 2 aromatic carbocycles. The zero-order valence-corrected chi connectivity index (χ0v) is 13.0. The number of ether oxygens (including phenoxy) is 1. The van der Waals surface area contributed by atoms with Gasteiger partial charge in [0.2, 0.25) is 0 Å². The van der Waals surface area contributed by atoms with E-state index in [1.54, 1.807) is 0 Å². The molecule has 2 rings (SSSR count). The zero-order chi connectivity index (χ0) is 16.7. The van der Waals surface area contributed by atoms with Crippen LogP contribution in [0.25, 0.3) is 0 Å². The van der Waals surface area contributed by atoms with Gasteiger partial charge >= 0.3 is 0 Å². The topological polar surface area (TPSA) is 81.5 Å². The molecule has 0 heterocycles. The van der Waals surface area contributed by atoms with Gasteiger partial charge in [0.05, 0.1) is 28.7 Å². The van der Waals surface area contributed by atoms with Gasteiger partial charge in [0.25, 0.3) is 11.6 Å². The van der Waals surface area contributed by atoms with Crippen molar-refractivity contribution in [2.75, 3.05) is 13.2 Å². The van der Waals surface area contributed by atoms with E-state index in [4.69, 9.17) is 16.3 Å². The third-order valence-electron chi connectivity index (χ3n) is 3.05. The quantitative estimate of drug-likeness (QED) is 0.479. The highest BCUT2D eigenvalue weighted by Crippen LogP contribution is 2.21. The summed E-state index contributed by atoms with van der Waals surface area (Å²) in [5.74, 6) is -0.470. The van der Waals surface area contributed by atoms with E-state index in [2.05, 4.69) is 5.32 Å². The van der Waals surface area contributed by atoms with Gasteiger partial charge in [-0.2, -0.15) is 0 Å². The summed E-state index contributed by atoms with van der Waals surface area (Å²) in [7, 11) is 0. The van der Waals surface area contributed by atoms with Gasteiger partial charge in [-0.1, -0.05) is 41.9 Å². The van der Waals surface area contributed by atoms with Crippen LogP contribution in [-0.2, 0) is 11.3 Å². The predicted octanol–water partition coefficient (Wildman–Crippen LogP) is 3.19. The van der Waals surface area contributed by atoms with Crippen LogP contribution in [0.1, 0.15) is 15.9 Å². The second-order valence-electron chi connectivity index (χ2n) is 4.72. The monoisotopic (exact) mass is 334 g/mol. The molecule has 23 heavy (non-hydrogen) atoms. The van der Waals surface area contributed by atoms with Crippen molar-refractivity contribution in [1.82, 2.24) is 5.32 Å². The average molecular weight is 335 g/mol. The fourth-order valence-electron chi connectivity index (χ4n) is 1.90. The third-order valence-corrected chi connectivity index (χ3v) is 3.38. The third kappa shape index (κ3) is 5.05. The van der Waals surface area contributed by atoms with E-state index in [9.17, 15) is 14.9 Å². The number of nitro groups is 1. The molecule has 0 spiro atoms. The van der Waals surface area contributed by atoms with Crippen LogP contribution in [0.15, 0.2) is 48.5 Å². The summed E-state index contributed by atoms with van der Waals surface area (Å²) in [5.41, 5.74) is 0.935. The van der Waals surface area contributed by atoms with Crippen LogP contribution in [0, 0.1) is 10.1 Å². The maximum Gasteiger partial charge on any atom is 0.270 e. The normalized spacial score (nSPS) is 10.3. The molecule has 1 amide bonds. The van der Waals surface area contributed by atoms with Crippen molar-refractivity contribution in [3.05, 3.63) is 74.8 Å². The first-order valence-corrected chi connectivity index (χ1v) is 7.29. The molecule has 0 aliphatic rings. The van der Waals surface area contributed by atoms with Crippen molar-refractivity contribution >= 4 is 23.2 Å². The molecule has 0 unspecified atom stereocenters. The lowest BCUT2D eigenvalue weighted by Crippen LogP contribution is -2.27. The highest BCUT2D eigenvalue weighted by molar-refractivity contribution is 6.33. The number of amides is 1. The first kappa shape index (κ1) is 16.9. The molecule has 2 aromatic rings. The van der Waals surface area contributed by atoms with E-state index in [0.29, 0.717) is 13.2 Å². The Morgan fingerprint density at radius 2 is 1.96 bits per heavy atom. The van der Waals surface area contributed by atoms with Crippen LogP contribution < -0.4 is 5.32 Å². The maximum absolute atomic E-state index is 12.0. The minimum Gasteiger partial charge on any atom is -0.375 e. The lowest BCUT2D eigenvalue weighted by Gasteiger charge is -2.08. The molecule has 0 saturated heterocycles. The van der Waals surface area contributed by atoms with Crippen molar-refractivity contribution in [2.45, 2.75) is 6.61 Å². The molecule has 120 valence electrons. The maximum atomic E-state index is 12.0. The van der Waals surface area contributed by atoms with Crippen LogP contribution in [0.2, 0.25) is 5.02 Å². The van der Waals surface area contributed by atoms with Crippen LogP contribution in [-0.4, -0.2) is 24.0 Å². The summed E-state index contributed by atoms with van der Waals surface area (Å²) in [6, 6.07) is 13.4. The number of halogens is 1. The van der Waals surface area contributed by atoms with E-state index in [0.717, 1.165) is 11.6 Å². The van der Waals surface area contributed by atoms with Crippen molar-refractivity contribution in [1.29, 1.82) is 0 Å². The number of hydrogen-bond donors (Lipinski definition) is 1. The Hall–Kier alpha value is -2.44. The SMILES string of the molecule is O=C(NCCOCc1ccccc1)c1cc([N+](=O)[O-])ccc1Cl. The summed E-state index contributed by atoms with van der Waals surface area (Å²) >= 11 is 5.90. The molecule has 0 atom stereocenters. The second-order valence-corrected chi connectivity index (χ2v) is 5.12. The van der Waals surface area contributed by atoms with E-state index in [1.807, 2.05) is 30.3 Å². The van der Waals surface area contributed by atoms with Crippen molar-refractivity contribution < 1.29 is 14.5 Å². The molecule has 0 saturated carbocycles. The molecular weight excluding hydrogens is 320 g/mol. The molecule has 0 aliphatic carbocycles. The Bertz CT molecular complexity index is 692. The summed E-state index contributed by atoms with van der Waals surface area (Å²) in [6.07, 6.45) is 0. The lowest BCUT2D eigenvalue weighted by atomic mass is 10.2. The molecule has 0 radical (unpaired) electrons. The van der Waals surface area contributed by atoms with E-state index < -0.39 is 10.8 Å². The number of carbonyl (C=O) groups excluding carboxylic acids is 1. The van der Waals surface area contributed by atoms with Gasteiger partial charge in [0.1, 0.15) is 0 Å². The van der Waals surface area contributed by atoms with Gasteiger partial charge in [-0.15, -0.1) is 0 Å². The number of nitrogens with one attached hydrogen (secondary N) is 1. The number of benzene rings is 2. The highest BCUT2D eigenvalue weighted by Gasteiger charge is 2.15. The van der Waals surface area contributed by atoms with Gasteiger partial charge in [0, 0.05) is 18.7 Å². The Balaban J connectivity index is 1.81. The predicted molar refractivity (Wildman–Crippen MR) is 86.5 cm³/mol. The minimum atomic E-state index is -0.573. The van der Waals surface area contributed by atoms with Crippen LogP contribution in [0.5, 0.6) is 0 Å². The second kappa shape index (κ2) is 8.26. The Kier molecular flexibility index (Phi) is 6.08. The molecule has 0 bridgehead atoms. The molecule has 0 aromatic heterocycles. The first-order valence-electron chi connectivity index (χ1n) is 6.92. The number of nitrogens with zero attached hydrogens (tertiary/aromatic N) is 1. The fourth-order valence-corrected chi connectivity index (χ4v) is 2.10. The largest absolute Gasteiger partial charge is 0.375 e. The van der Waals surface area contributed by atoms with Crippen molar-refractivity contribution in [3.63, 3.8) is 0 Å². The van der Waals surface area contributed by atoms with E-state index in [1.165, 1.54) is 12.1 Å². The van der Waals surface area contributed by atoms with Gasteiger partial charge in [-0.05, 0) is 11.6 Å². The van der Waals surface area contributed by atoms with Crippen LogP contribution in [0.3, 0.4) is 0 Å². The average Bonchev–Trinajstić information content (AvgIpc) is 2.55. The highest BCUT2D eigenvalue weighted by atomic mass is 35.5. The summed E-state index contributed by atoms with van der Waals surface area (Å²) in [4.78, 5) is 22.2. The number of rotatable bonds is 7. The molecule has 0 aliphatic heterocycles. The molecular formula is C16H15ClN2O4. The lowest BCUT2D eigenvalue weighted by molar-refractivity contribution is -0.384. The molecule has 6 nitrogen and oxygen atoms in total. The van der Waals surface area contributed by atoms with Gasteiger partial charge in [-0.3, -0.25) is 14.9 Å². The Morgan fingerprint density at radius 3 is 2.65 bits per heavy atom. The number of carbonyl (C=O) groups is 1. The number of nitro benzene ring substituents is 1. The molecule has 0 fully saturated rings. The number of hydrogen-bond acceptors (Lipinski definition) is 4. The molecule has 1 N–H and O–H groups in total. The number of non-ortho nitro benzene ring substituents is 1. The zero-order valence-electron chi connectivity index (χ0n) is 12.2. The minimum absolute atomic E-state index is 0.0731. The standard InChI is InChI=1S/C16H15ClN2O4/c17-15-7-6-13(19(21)22)10-14(15)16(20)18-8-9-23-11-12-4-2-1-3-5-12/h1-7,10H,8-9,11H2,(H,18,20). The fraction of sp³-hybridized carbons (Fsp3) is 0.188. The first-order chi connectivity index (χ1) is 11.1. The van der Waals surface area contributed by atoms with Crippen molar-refractivity contribution in [3.8, 4) is 0 Å². The van der Waals surface area contributed by atoms with Gasteiger partial charge in [0.15, 0.2) is 0 Å². The van der Waals surface area contributed by atoms with E-state index in [-0.39, 0.29) is 22.8 Å². The van der Waals surface area contributed by atoms with Crippen LogP contribution >= 0.6 is 11.6 Å². The van der Waals surface area contributed by atoms with E-state index >= 15 is 0 Å². The van der Waals surface area contributed by atoms with Gasteiger partial charge < -0.3 is 10.1 Å². The smallest absolute Gasteiger partial charge is 0.270 e. The Labute approximate surface area is 138 Å². The van der Waals surface area contributed by atoms with Crippen LogP contribution in [0.4, 0.5) is 5.69 Å². The summed E-state index contributed by atoms with van der Waals surface area (Å²) in [5, 5.41) is 13.5. The van der Waals surface area contributed by atoms with Gasteiger partial charge in [-0.25, -0.2) is 0 Å². The molecule has 7 heteroatoms. The van der Waals surface area contributed by atoms with Crippen molar-refractivity contribution in [2.24, 2.45) is 0 Å². The Morgan fingerprint density at radius 1 is 1.22 bits per heavy atom.